The molecular weight excluding hydrogens is 362 g/mol. The number of ether oxygens (including phenoxy) is 1. The van der Waals surface area contributed by atoms with Crippen molar-refractivity contribution in [2.24, 2.45) is 5.84 Å². The van der Waals surface area contributed by atoms with Crippen LogP contribution in [0.3, 0.4) is 0 Å². The highest BCUT2D eigenvalue weighted by Crippen LogP contribution is 2.30. The van der Waals surface area contributed by atoms with Crippen LogP contribution in [0.15, 0.2) is 60.7 Å². The molecule has 0 fully saturated rings. The third kappa shape index (κ3) is 6.09. The summed E-state index contributed by atoms with van der Waals surface area (Å²) in [5, 5.41) is 3.20. The lowest BCUT2D eigenvalue weighted by molar-refractivity contribution is -0.109. The van der Waals surface area contributed by atoms with E-state index in [9.17, 15) is 0 Å². The van der Waals surface area contributed by atoms with E-state index < -0.39 is 0 Å². The molecule has 4 N–H and O–H groups in total. The fourth-order valence-corrected chi connectivity index (χ4v) is 3.05. The molecule has 3 rings (SSSR count). The topological polar surface area (TPSA) is 76.4 Å². The molecule has 0 bridgehead atoms. The zero-order chi connectivity index (χ0) is 21.2. The van der Waals surface area contributed by atoms with Crippen LogP contribution in [0.2, 0.25) is 0 Å². The quantitative estimate of drug-likeness (QED) is 0.250. The molecule has 0 aliphatic carbocycles. The number of carbonyl (C=O) groups is 1. The Balaban J connectivity index is 0.000000687. The number of hydrogen-bond acceptors (Lipinski definition) is 4. The van der Waals surface area contributed by atoms with E-state index in [1.165, 1.54) is 27.8 Å². The second kappa shape index (κ2) is 10.9. The number of aryl methyl sites for hydroxylation is 3. The van der Waals surface area contributed by atoms with Gasteiger partial charge in [0.05, 0.1) is 5.69 Å². The first-order valence-electron chi connectivity index (χ1n) is 9.46. The molecule has 5 nitrogen and oxygen atoms in total. The lowest BCUT2D eigenvalue weighted by atomic mass is 9.99. The Labute approximate surface area is 172 Å². The maximum absolute atomic E-state index is 8.94. The molecular formula is C24H29N3O2. The monoisotopic (exact) mass is 391 g/mol. The Bertz CT molecular complexity index is 955. The Hall–Kier alpha value is -3.31. The Morgan fingerprint density at radius 3 is 2.24 bits per heavy atom. The minimum Gasteiger partial charge on any atom is -0.486 e. The van der Waals surface area contributed by atoms with E-state index in [1.807, 2.05) is 19.2 Å². The summed E-state index contributed by atoms with van der Waals surface area (Å²) in [6.45, 7) is 6.91. The maximum atomic E-state index is 8.94. The van der Waals surface area contributed by atoms with E-state index in [1.54, 1.807) is 5.43 Å². The van der Waals surface area contributed by atoms with Crippen molar-refractivity contribution >= 4 is 12.1 Å². The Kier molecular flexibility index (Phi) is 8.25. The van der Waals surface area contributed by atoms with E-state index in [2.05, 4.69) is 80.5 Å². The third-order valence-corrected chi connectivity index (χ3v) is 4.62. The molecule has 152 valence electrons. The van der Waals surface area contributed by atoms with Crippen LogP contribution in [0.1, 0.15) is 22.3 Å². The lowest BCUT2D eigenvalue weighted by Crippen LogP contribution is -2.18. The van der Waals surface area contributed by atoms with Crippen molar-refractivity contribution in [3.05, 3.63) is 82.9 Å². The second-order valence-electron chi connectivity index (χ2n) is 6.79. The number of nitrogens with two attached hydrogens (primary N) is 1. The molecule has 1 amide bonds. The number of nitrogens with one attached hydrogen (secondary N) is 2. The summed E-state index contributed by atoms with van der Waals surface area (Å²) in [5.74, 6) is 5.33. The van der Waals surface area contributed by atoms with Crippen LogP contribution in [0, 0.1) is 20.8 Å². The van der Waals surface area contributed by atoms with Gasteiger partial charge in [-0.3, -0.25) is 10.2 Å². The average molecular weight is 392 g/mol. The summed E-state index contributed by atoms with van der Waals surface area (Å²) < 4.78 is 6.13. The molecule has 0 radical (unpaired) electrons. The van der Waals surface area contributed by atoms with Crippen LogP contribution in [-0.4, -0.2) is 13.5 Å². The summed E-state index contributed by atoms with van der Waals surface area (Å²) in [7, 11) is 1.92. The highest BCUT2D eigenvalue weighted by Gasteiger charge is 2.08. The molecule has 0 unspecified atom stereocenters. The first-order valence-corrected chi connectivity index (χ1v) is 9.46. The molecule has 29 heavy (non-hydrogen) atoms. The van der Waals surface area contributed by atoms with Crippen molar-refractivity contribution in [3.8, 4) is 16.9 Å². The van der Waals surface area contributed by atoms with E-state index in [0.717, 1.165) is 17.0 Å². The number of amides is 1. The molecule has 0 saturated heterocycles. The van der Waals surface area contributed by atoms with Gasteiger partial charge in [0, 0.05) is 7.05 Å². The predicted molar refractivity (Wildman–Crippen MR) is 120 cm³/mol. The maximum Gasteiger partial charge on any atom is 0.221 e. The molecule has 0 atom stereocenters. The molecule has 5 heteroatoms. The summed E-state index contributed by atoms with van der Waals surface area (Å²) in [5.41, 5.74) is 10.2. The van der Waals surface area contributed by atoms with Gasteiger partial charge in [-0.1, -0.05) is 60.2 Å². The molecule has 0 aromatic heterocycles. The van der Waals surface area contributed by atoms with Crippen LogP contribution in [-0.2, 0) is 11.4 Å². The molecule has 0 aliphatic rings. The van der Waals surface area contributed by atoms with Gasteiger partial charge >= 0.3 is 0 Å². The van der Waals surface area contributed by atoms with Crippen molar-refractivity contribution in [2.75, 3.05) is 12.4 Å². The van der Waals surface area contributed by atoms with Crippen LogP contribution in [0.25, 0.3) is 11.1 Å². The molecule has 3 aromatic carbocycles. The fourth-order valence-electron chi connectivity index (χ4n) is 3.05. The molecule has 0 aliphatic heterocycles. The molecule has 0 saturated carbocycles. The average Bonchev–Trinajstić information content (AvgIpc) is 2.73. The van der Waals surface area contributed by atoms with Crippen molar-refractivity contribution in [1.29, 1.82) is 0 Å². The van der Waals surface area contributed by atoms with Crippen LogP contribution >= 0.6 is 0 Å². The van der Waals surface area contributed by atoms with Gasteiger partial charge in [-0.25, -0.2) is 5.84 Å². The molecule has 3 aromatic rings. The molecule has 0 spiro atoms. The summed E-state index contributed by atoms with van der Waals surface area (Å²) in [6, 6.07) is 21.3. The van der Waals surface area contributed by atoms with Gasteiger partial charge in [0.15, 0.2) is 0 Å². The summed E-state index contributed by atoms with van der Waals surface area (Å²) in [6.07, 6.45) is 0.403. The van der Waals surface area contributed by atoms with E-state index in [0.29, 0.717) is 13.0 Å². The minimum atomic E-state index is 0.403. The van der Waals surface area contributed by atoms with Gasteiger partial charge in [0.1, 0.15) is 12.4 Å². The van der Waals surface area contributed by atoms with Gasteiger partial charge in [-0.05, 0) is 54.7 Å². The van der Waals surface area contributed by atoms with Crippen LogP contribution < -0.4 is 21.3 Å². The van der Waals surface area contributed by atoms with Crippen molar-refractivity contribution in [1.82, 2.24) is 5.43 Å². The smallest absolute Gasteiger partial charge is 0.221 e. The second-order valence-corrected chi connectivity index (χ2v) is 6.79. The zero-order valence-corrected chi connectivity index (χ0v) is 17.5. The molecule has 0 heterocycles. The number of hydrogen-bond donors (Lipinski definition) is 3. The standard InChI is InChI=1S/C23H25NO.CH4N2O/c1-16-7-5-9-19(13-16)20-11-12-21(18(3)14-20)15-25-23-17(2)8-6-10-22(23)24-4;2-3-1-4/h5-14,24H,15H2,1-4H3;1H,2H2,(H,3,4). The third-order valence-electron chi connectivity index (χ3n) is 4.62. The van der Waals surface area contributed by atoms with Crippen molar-refractivity contribution < 1.29 is 9.53 Å². The van der Waals surface area contributed by atoms with E-state index in [4.69, 9.17) is 9.53 Å². The van der Waals surface area contributed by atoms with Crippen molar-refractivity contribution in [3.63, 3.8) is 0 Å². The number of anilines is 1. The lowest BCUT2D eigenvalue weighted by Gasteiger charge is -2.15. The highest BCUT2D eigenvalue weighted by molar-refractivity contribution is 5.65. The van der Waals surface area contributed by atoms with Gasteiger partial charge in [-0.15, -0.1) is 0 Å². The number of para-hydroxylation sites is 1. The normalized spacial score (nSPS) is 9.83. The fraction of sp³-hybridized carbons (Fsp3) is 0.208. The van der Waals surface area contributed by atoms with Crippen molar-refractivity contribution in [2.45, 2.75) is 27.4 Å². The van der Waals surface area contributed by atoms with Crippen LogP contribution in [0.5, 0.6) is 5.75 Å². The number of hydrazine groups is 1. The van der Waals surface area contributed by atoms with Gasteiger partial charge in [0.25, 0.3) is 0 Å². The number of benzene rings is 3. The zero-order valence-electron chi connectivity index (χ0n) is 17.5. The Morgan fingerprint density at radius 2 is 1.62 bits per heavy atom. The first kappa shape index (κ1) is 22.0. The van der Waals surface area contributed by atoms with Crippen LogP contribution in [0.4, 0.5) is 5.69 Å². The van der Waals surface area contributed by atoms with Gasteiger partial charge < -0.3 is 10.1 Å². The van der Waals surface area contributed by atoms with E-state index in [-0.39, 0.29) is 0 Å². The van der Waals surface area contributed by atoms with Gasteiger partial charge in [0.2, 0.25) is 6.41 Å². The SMILES string of the molecule is CNc1cccc(C)c1OCc1ccc(-c2cccc(C)c2)cc1C.NNC=O. The number of carbonyl (C=O) groups excluding carboxylic acids is 1. The Morgan fingerprint density at radius 1 is 0.931 bits per heavy atom. The summed E-state index contributed by atoms with van der Waals surface area (Å²) in [4.78, 5) is 8.94. The minimum absolute atomic E-state index is 0.403. The largest absolute Gasteiger partial charge is 0.486 e. The first-order chi connectivity index (χ1) is 14.0. The highest BCUT2D eigenvalue weighted by atomic mass is 16.5. The van der Waals surface area contributed by atoms with Gasteiger partial charge in [-0.2, -0.15) is 0 Å². The number of rotatable bonds is 6. The predicted octanol–water partition coefficient (Wildman–Crippen LogP) is 4.51. The van der Waals surface area contributed by atoms with E-state index >= 15 is 0 Å². The summed E-state index contributed by atoms with van der Waals surface area (Å²) >= 11 is 0.